The topological polar surface area (TPSA) is 23.6 Å². The second-order valence-corrected chi connectivity index (χ2v) is 11.6. The molecule has 3 nitrogen and oxygen atoms in total. The van der Waals surface area contributed by atoms with Crippen LogP contribution in [0.15, 0.2) is 66.7 Å². The number of likely N-dealkylation sites (tertiary alicyclic amines) is 2. The largest absolute Gasteiger partial charge is 0.338 e. The van der Waals surface area contributed by atoms with Crippen LogP contribution in [0.3, 0.4) is 0 Å². The first kappa shape index (κ1) is 25.9. The van der Waals surface area contributed by atoms with Crippen molar-refractivity contribution in [3.63, 3.8) is 0 Å². The molecule has 3 aromatic carbocycles. The summed E-state index contributed by atoms with van der Waals surface area (Å²) < 4.78 is 0. The van der Waals surface area contributed by atoms with E-state index >= 15 is 0 Å². The van der Waals surface area contributed by atoms with E-state index in [0.717, 1.165) is 38.0 Å². The first-order valence-electron chi connectivity index (χ1n) is 12.3. The summed E-state index contributed by atoms with van der Waals surface area (Å²) in [5.41, 5.74) is 3.07. The van der Waals surface area contributed by atoms with Gasteiger partial charge in [0, 0.05) is 41.2 Å². The van der Waals surface area contributed by atoms with Gasteiger partial charge in [0.2, 0.25) is 0 Å². The van der Waals surface area contributed by atoms with Crippen molar-refractivity contribution in [1.82, 2.24) is 9.80 Å². The quantitative estimate of drug-likeness (QED) is 0.314. The van der Waals surface area contributed by atoms with E-state index in [1.54, 1.807) is 18.2 Å². The summed E-state index contributed by atoms with van der Waals surface area (Å²) in [6.07, 6.45) is 2.30. The fourth-order valence-corrected chi connectivity index (χ4v) is 6.54. The first-order chi connectivity index (χ1) is 17.4. The van der Waals surface area contributed by atoms with E-state index in [-0.39, 0.29) is 17.7 Å². The number of amides is 1. The molecule has 188 valence electrons. The summed E-state index contributed by atoms with van der Waals surface area (Å²) in [5.74, 6) is 1.02. The minimum absolute atomic E-state index is 0.0465. The van der Waals surface area contributed by atoms with Gasteiger partial charge >= 0.3 is 0 Å². The van der Waals surface area contributed by atoms with Crippen molar-refractivity contribution in [2.24, 2.45) is 5.92 Å². The maximum atomic E-state index is 13.4. The first-order valence-corrected chi connectivity index (χ1v) is 13.9. The van der Waals surface area contributed by atoms with Crippen LogP contribution in [0.4, 0.5) is 0 Å². The summed E-state index contributed by atoms with van der Waals surface area (Å²) >= 11 is 25.0. The smallest absolute Gasteiger partial charge is 0.253 e. The van der Waals surface area contributed by atoms with Crippen LogP contribution in [-0.4, -0.2) is 48.4 Å². The maximum Gasteiger partial charge on any atom is 0.253 e. The van der Waals surface area contributed by atoms with Crippen LogP contribution in [0.2, 0.25) is 20.1 Å². The molecule has 0 N–H and O–H groups in total. The van der Waals surface area contributed by atoms with E-state index in [4.69, 9.17) is 46.4 Å². The van der Waals surface area contributed by atoms with Crippen LogP contribution in [0.1, 0.15) is 46.2 Å². The van der Waals surface area contributed by atoms with Gasteiger partial charge in [-0.2, -0.15) is 0 Å². The Bertz CT molecular complexity index is 1210. The molecule has 7 heteroatoms. The molecule has 2 unspecified atom stereocenters. The molecule has 2 saturated heterocycles. The summed E-state index contributed by atoms with van der Waals surface area (Å²) in [6.45, 7) is 4.34. The second kappa shape index (κ2) is 11.3. The van der Waals surface area contributed by atoms with Crippen molar-refractivity contribution < 1.29 is 4.79 Å². The van der Waals surface area contributed by atoms with Crippen LogP contribution < -0.4 is 0 Å². The van der Waals surface area contributed by atoms with Crippen LogP contribution >= 0.6 is 46.4 Å². The Morgan fingerprint density at radius 1 is 0.778 bits per heavy atom. The molecule has 2 aliphatic heterocycles. The molecule has 0 radical (unpaired) electrons. The van der Waals surface area contributed by atoms with E-state index in [2.05, 4.69) is 35.2 Å². The van der Waals surface area contributed by atoms with Gasteiger partial charge in [0.1, 0.15) is 0 Å². The highest BCUT2D eigenvalue weighted by Crippen LogP contribution is 2.38. The van der Waals surface area contributed by atoms with Gasteiger partial charge in [0.25, 0.3) is 5.91 Å². The molecule has 0 aromatic heterocycles. The number of rotatable bonds is 5. The Balaban J connectivity index is 1.33. The Morgan fingerprint density at radius 3 is 2.14 bits per heavy atom. The number of hydrogen-bond acceptors (Lipinski definition) is 2. The van der Waals surface area contributed by atoms with Gasteiger partial charge in [-0.25, -0.2) is 0 Å². The summed E-state index contributed by atoms with van der Waals surface area (Å²) in [7, 11) is 0. The lowest BCUT2D eigenvalue weighted by molar-refractivity contribution is 0.0781. The van der Waals surface area contributed by atoms with Crippen LogP contribution in [0.25, 0.3) is 0 Å². The fourth-order valence-electron chi connectivity index (χ4n) is 5.71. The number of nitrogens with zero attached hydrogens (tertiary/aromatic N) is 2. The van der Waals surface area contributed by atoms with Crippen molar-refractivity contribution in [1.29, 1.82) is 0 Å². The average molecular weight is 562 g/mol. The van der Waals surface area contributed by atoms with Gasteiger partial charge in [-0.1, -0.05) is 82.8 Å². The van der Waals surface area contributed by atoms with Gasteiger partial charge < -0.3 is 9.80 Å². The lowest BCUT2D eigenvalue weighted by atomic mass is 9.86. The van der Waals surface area contributed by atoms with Gasteiger partial charge in [-0.15, -0.1) is 0 Å². The molecule has 2 atom stereocenters. The number of carbonyl (C=O) groups is 1. The van der Waals surface area contributed by atoms with Crippen LogP contribution in [0, 0.1) is 5.92 Å². The van der Waals surface area contributed by atoms with Crippen molar-refractivity contribution in [3.8, 4) is 0 Å². The number of halogens is 4. The Morgan fingerprint density at radius 2 is 1.47 bits per heavy atom. The molecule has 2 fully saturated rings. The fraction of sp³-hybridized carbons (Fsp3) is 0.345. The van der Waals surface area contributed by atoms with Crippen molar-refractivity contribution in [2.45, 2.75) is 24.7 Å². The van der Waals surface area contributed by atoms with E-state index in [1.807, 2.05) is 23.1 Å². The summed E-state index contributed by atoms with van der Waals surface area (Å²) in [6, 6.07) is 21.7. The Kier molecular flexibility index (Phi) is 8.14. The molecular formula is C29H28Cl4N2O. The molecule has 3 aromatic rings. The highest BCUT2D eigenvalue weighted by Gasteiger charge is 2.38. The van der Waals surface area contributed by atoms with Crippen molar-refractivity contribution in [3.05, 3.63) is 104 Å². The number of carbonyl (C=O) groups excluding carboxylic acids is 1. The van der Waals surface area contributed by atoms with Gasteiger partial charge in [-0.05, 0) is 79.2 Å². The Labute approximate surface area is 232 Å². The third-order valence-electron chi connectivity index (χ3n) is 7.56. The minimum atomic E-state index is -0.0465. The number of piperidine rings is 1. The normalized spacial score (nSPS) is 21.2. The molecule has 2 heterocycles. The molecule has 0 bridgehead atoms. The number of hydrogen-bond donors (Lipinski definition) is 0. The van der Waals surface area contributed by atoms with Crippen molar-refractivity contribution in [2.75, 3.05) is 32.7 Å². The summed E-state index contributed by atoms with van der Waals surface area (Å²) in [4.78, 5) is 17.9. The van der Waals surface area contributed by atoms with E-state index in [1.165, 1.54) is 5.56 Å². The van der Waals surface area contributed by atoms with Gasteiger partial charge in [0.05, 0.1) is 10.0 Å². The molecule has 5 rings (SSSR count). The van der Waals surface area contributed by atoms with Crippen LogP contribution in [0.5, 0.6) is 0 Å². The zero-order valence-electron chi connectivity index (χ0n) is 19.8. The predicted molar refractivity (Wildman–Crippen MR) is 150 cm³/mol. The predicted octanol–water partition coefficient (Wildman–Crippen LogP) is 8.04. The molecule has 0 aliphatic carbocycles. The maximum absolute atomic E-state index is 13.4. The molecule has 0 spiro atoms. The monoisotopic (exact) mass is 560 g/mol. The van der Waals surface area contributed by atoms with E-state index in [0.29, 0.717) is 44.7 Å². The van der Waals surface area contributed by atoms with Gasteiger partial charge in [0.15, 0.2) is 0 Å². The Hall–Kier alpha value is -1.75. The lowest BCUT2D eigenvalue weighted by Gasteiger charge is -2.35. The van der Waals surface area contributed by atoms with Gasteiger partial charge in [-0.3, -0.25) is 4.79 Å². The average Bonchev–Trinajstić information content (AvgIpc) is 3.29. The molecule has 1 amide bonds. The lowest BCUT2D eigenvalue weighted by Crippen LogP contribution is -2.38. The molecule has 0 saturated carbocycles. The summed E-state index contributed by atoms with van der Waals surface area (Å²) in [5, 5.41) is 2.01. The standard InChI is InChI=1S/C29H28Cl4N2O/c30-24-12-22(13-25(31)15-24)29(36)35-17-23(26(18-35)21-6-7-27(32)28(33)14-21)16-34-10-8-20(9-11-34)19-4-2-1-3-5-19/h1-7,12-15,20,23,26H,8-11,16-18H2. The molecule has 2 aliphatic rings. The SMILES string of the molecule is O=C(c1cc(Cl)cc(Cl)c1)N1CC(CN2CCC(c3ccccc3)CC2)C(c2ccc(Cl)c(Cl)c2)C1. The molecular weight excluding hydrogens is 534 g/mol. The zero-order chi connectivity index (χ0) is 25.2. The van der Waals surface area contributed by atoms with Crippen LogP contribution in [-0.2, 0) is 0 Å². The van der Waals surface area contributed by atoms with Crippen molar-refractivity contribution >= 4 is 52.3 Å². The zero-order valence-corrected chi connectivity index (χ0v) is 22.9. The molecule has 36 heavy (non-hydrogen) atoms. The third kappa shape index (κ3) is 5.87. The highest BCUT2D eigenvalue weighted by molar-refractivity contribution is 6.42. The van der Waals surface area contributed by atoms with E-state index < -0.39 is 0 Å². The highest BCUT2D eigenvalue weighted by atomic mass is 35.5. The minimum Gasteiger partial charge on any atom is -0.338 e. The second-order valence-electron chi connectivity index (χ2n) is 9.89. The number of benzene rings is 3. The van der Waals surface area contributed by atoms with E-state index in [9.17, 15) is 4.79 Å². The third-order valence-corrected chi connectivity index (χ3v) is 8.74.